The standard InChI is InChI=1S/C2HCl5Ge/c3-1-2(4)8(5,6)7/h1H. The zero-order chi connectivity index (χ0) is 6.78. The summed E-state index contributed by atoms with van der Waals surface area (Å²) in [4.78, 5) is 0. The van der Waals surface area contributed by atoms with Crippen LogP contribution in [0.5, 0.6) is 0 Å². The molecule has 0 rings (SSSR count). The molecule has 0 unspecified atom stereocenters. The zero-order valence-corrected chi connectivity index (χ0v) is 9.34. The summed E-state index contributed by atoms with van der Waals surface area (Å²) >= 11 is 10.5. The van der Waals surface area contributed by atoms with E-state index in [9.17, 15) is 0 Å². The summed E-state index contributed by atoms with van der Waals surface area (Å²) in [6.45, 7) is 0. The Morgan fingerprint density at radius 1 is 1.25 bits per heavy atom. The van der Waals surface area contributed by atoms with Gasteiger partial charge in [-0.25, -0.2) is 0 Å². The number of hydrogen-bond acceptors (Lipinski definition) is 0. The molecule has 0 nitrogen and oxygen atoms in total. The molecule has 0 heterocycles. The monoisotopic (exact) mass is 274 g/mol. The molecule has 0 N–H and O–H groups in total. The van der Waals surface area contributed by atoms with Gasteiger partial charge in [-0.05, 0) is 0 Å². The van der Waals surface area contributed by atoms with Gasteiger partial charge in [-0.15, -0.1) is 0 Å². The van der Waals surface area contributed by atoms with Crippen LogP contribution >= 0.6 is 53.2 Å². The van der Waals surface area contributed by atoms with Crippen LogP contribution in [-0.4, -0.2) is 10.5 Å². The Morgan fingerprint density at radius 2 is 1.62 bits per heavy atom. The van der Waals surface area contributed by atoms with E-state index in [2.05, 4.69) is 0 Å². The summed E-state index contributed by atoms with van der Waals surface area (Å²) < 4.78 is 0.177. The van der Waals surface area contributed by atoms with E-state index in [1.807, 2.05) is 0 Å². The first-order valence-corrected chi connectivity index (χ1v) is 11.6. The molecule has 0 saturated heterocycles. The van der Waals surface area contributed by atoms with Crippen LogP contribution in [0, 0.1) is 0 Å². The quantitative estimate of drug-likeness (QED) is 0.642. The van der Waals surface area contributed by atoms with E-state index in [0.29, 0.717) is 0 Å². The first kappa shape index (κ1) is 9.73. The van der Waals surface area contributed by atoms with Gasteiger partial charge >= 0.3 is 73.1 Å². The Hall–Kier alpha value is 1.73. The van der Waals surface area contributed by atoms with Crippen LogP contribution in [0.4, 0.5) is 0 Å². The number of rotatable bonds is 1. The SMILES string of the molecule is ClC=[C](Cl)[Ge]([Cl])([Cl])[Cl]. The minimum absolute atomic E-state index is 0.177. The molecule has 6 heteroatoms. The molecule has 0 aromatic carbocycles. The predicted octanol–water partition coefficient (Wildman–Crippen LogP) is 3.50. The van der Waals surface area contributed by atoms with Gasteiger partial charge in [-0.3, -0.25) is 0 Å². The normalized spacial score (nSPS) is 14.4. The van der Waals surface area contributed by atoms with Crippen LogP contribution < -0.4 is 0 Å². The van der Waals surface area contributed by atoms with Gasteiger partial charge in [-0.1, -0.05) is 0 Å². The molecule has 0 fully saturated rings. The molecule has 0 saturated carbocycles. The van der Waals surface area contributed by atoms with Gasteiger partial charge in [0.15, 0.2) is 0 Å². The third-order valence-electron chi connectivity index (χ3n) is 0.367. The zero-order valence-electron chi connectivity index (χ0n) is 3.47. The number of hydrogen-bond donors (Lipinski definition) is 0. The van der Waals surface area contributed by atoms with E-state index in [4.69, 9.17) is 53.2 Å². The molecule has 0 aromatic rings. The van der Waals surface area contributed by atoms with Crippen LogP contribution in [0.3, 0.4) is 0 Å². The first-order chi connectivity index (χ1) is 3.48. The fourth-order valence-corrected chi connectivity index (χ4v) is 2.89. The van der Waals surface area contributed by atoms with Gasteiger partial charge in [0.25, 0.3) is 0 Å². The van der Waals surface area contributed by atoms with Crippen molar-refractivity contribution in [1.29, 1.82) is 0 Å². The maximum absolute atomic E-state index is 5.42. The summed E-state index contributed by atoms with van der Waals surface area (Å²) in [5.74, 6) is 0. The molecule has 8 heavy (non-hydrogen) atoms. The van der Waals surface area contributed by atoms with Gasteiger partial charge in [0.05, 0.1) is 0 Å². The van der Waals surface area contributed by atoms with Crippen LogP contribution in [0.25, 0.3) is 0 Å². The number of halogens is 5. The van der Waals surface area contributed by atoms with E-state index < -0.39 is 10.5 Å². The summed E-state index contributed by atoms with van der Waals surface area (Å²) in [7, 11) is 13.0. The fourth-order valence-electron chi connectivity index (χ4n) is 0.0619. The summed E-state index contributed by atoms with van der Waals surface area (Å²) in [5.41, 5.74) is 1.09. The van der Waals surface area contributed by atoms with Crippen molar-refractivity contribution in [3.8, 4) is 0 Å². The predicted molar refractivity (Wildman–Crippen MR) is 43.1 cm³/mol. The van der Waals surface area contributed by atoms with E-state index in [-0.39, 0.29) is 3.86 Å². The van der Waals surface area contributed by atoms with E-state index in [1.165, 1.54) is 0 Å². The molecule has 0 aliphatic carbocycles. The minimum atomic E-state index is -3.29. The molecule has 0 radical (unpaired) electrons. The fraction of sp³-hybridized carbons (Fsp3) is 0. The van der Waals surface area contributed by atoms with Crippen molar-refractivity contribution in [2.24, 2.45) is 0 Å². The topological polar surface area (TPSA) is 0 Å². The van der Waals surface area contributed by atoms with Crippen LogP contribution in [0.1, 0.15) is 0 Å². The average molecular weight is 275 g/mol. The van der Waals surface area contributed by atoms with Gasteiger partial charge in [0.1, 0.15) is 0 Å². The van der Waals surface area contributed by atoms with Crippen molar-refractivity contribution in [2.75, 3.05) is 0 Å². The van der Waals surface area contributed by atoms with Gasteiger partial charge in [-0.2, -0.15) is 0 Å². The van der Waals surface area contributed by atoms with Crippen molar-refractivity contribution in [2.45, 2.75) is 0 Å². The van der Waals surface area contributed by atoms with Crippen LogP contribution in [0.2, 0.25) is 0 Å². The van der Waals surface area contributed by atoms with Gasteiger partial charge in [0.2, 0.25) is 0 Å². The molecule has 0 aliphatic heterocycles. The van der Waals surface area contributed by atoms with Crippen molar-refractivity contribution in [1.82, 2.24) is 0 Å². The average Bonchev–Trinajstić information content (AvgIpc) is 1.62. The Balaban J connectivity index is 4.03. The second-order valence-corrected chi connectivity index (χ2v) is 17.3. The molecule has 0 spiro atoms. The van der Waals surface area contributed by atoms with Crippen molar-refractivity contribution < 1.29 is 0 Å². The van der Waals surface area contributed by atoms with Crippen molar-refractivity contribution in [3.63, 3.8) is 0 Å². The molecule has 0 aromatic heterocycles. The molecule has 0 aliphatic rings. The third-order valence-corrected chi connectivity index (χ3v) is 8.78. The third kappa shape index (κ3) is 3.70. The molecular formula is C2HCl5Ge. The Bertz CT molecular complexity index is 101. The molecule has 48 valence electrons. The van der Waals surface area contributed by atoms with Crippen molar-refractivity contribution in [3.05, 3.63) is 9.40 Å². The second kappa shape index (κ2) is 3.79. The van der Waals surface area contributed by atoms with E-state index >= 15 is 0 Å². The Kier molecular flexibility index (Phi) is 4.62. The van der Waals surface area contributed by atoms with Crippen LogP contribution in [-0.2, 0) is 0 Å². The van der Waals surface area contributed by atoms with E-state index in [0.717, 1.165) is 5.54 Å². The molecular weight excluding hydrogens is 274 g/mol. The van der Waals surface area contributed by atoms with Gasteiger partial charge in [0, 0.05) is 0 Å². The Labute approximate surface area is 72.6 Å². The molecule has 0 amide bonds. The summed E-state index contributed by atoms with van der Waals surface area (Å²) in [6.07, 6.45) is 0. The van der Waals surface area contributed by atoms with Crippen LogP contribution in [0.15, 0.2) is 9.40 Å². The van der Waals surface area contributed by atoms with E-state index in [1.54, 1.807) is 0 Å². The molecule has 0 atom stereocenters. The Morgan fingerprint density at radius 3 is 1.62 bits per heavy atom. The summed E-state index contributed by atoms with van der Waals surface area (Å²) in [5, 5.41) is 0. The second-order valence-electron chi connectivity index (χ2n) is 0.955. The first-order valence-electron chi connectivity index (χ1n) is 1.51. The maximum atomic E-state index is 5.42. The van der Waals surface area contributed by atoms with Gasteiger partial charge < -0.3 is 0 Å². The molecule has 0 bridgehead atoms. The van der Waals surface area contributed by atoms with Crippen molar-refractivity contribution >= 4 is 63.7 Å². The summed E-state index contributed by atoms with van der Waals surface area (Å²) in [6, 6.07) is 0.